The highest BCUT2D eigenvalue weighted by molar-refractivity contribution is 6.26. The molecule has 0 saturated heterocycles. The third-order valence-electron chi connectivity index (χ3n) is 9.85. The van der Waals surface area contributed by atoms with Crippen LogP contribution in [0.15, 0.2) is 170 Å². The van der Waals surface area contributed by atoms with E-state index < -0.39 is 0 Å². The van der Waals surface area contributed by atoms with Gasteiger partial charge in [0.1, 0.15) is 11.6 Å². The number of hydrogen-bond donors (Lipinski definition) is 0. The molecule has 0 radical (unpaired) electrons. The van der Waals surface area contributed by atoms with E-state index in [4.69, 9.17) is 9.97 Å². The lowest BCUT2D eigenvalue weighted by Gasteiger charge is -2.12. The second-order valence-corrected chi connectivity index (χ2v) is 12.9. The second-order valence-electron chi connectivity index (χ2n) is 12.9. The van der Waals surface area contributed by atoms with Crippen LogP contribution in [-0.2, 0) is 0 Å². The number of benzene rings is 7. The van der Waals surface area contributed by atoms with Gasteiger partial charge in [0, 0.05) is 49.6 Å². The molecule has 4 nitrogen and oxygen atoms in total. The van der Waals surface area contributed by atoms with Crippen LogP contribution in [-0.4, -0.2) is 19.1 Å². The van der Waals surface area contributed by atoms with Crippen molar-refractivity contribution in [3.05, 3.63) is 181 Å². The molecule has 0 bridgehead atoms. The van der Waals surface area contributed by atoms with Crippen molar-refractivity contribution in [2.45, 2.75) is 0 Å². The largest absolute Gasteiger partial charge is 0.309 e. The van der Waals surface area contributed by atoms with Crippen LogP contribution >= 0.6 is 0 Å². The summed E-state index contributed by atoms with van der Waals surface area (Å²) in [6, 6.07) is 54.8. The first-order chi connectivity index (χ1) is 25.6. The van der Waals surface area contributed by atoms with E-state index in [1.54, 1.807) is 24.3 Å². The molecule has 0 saturated carbocycles. The van der Waals surface area contributed by atoms with Crippen LogP contribution in [0.4, 0.5) is 8.78 Å². The Morgan fingerprint density at radius 3 is 1.63 bits per heavy atom. The lowest BCUT2D eigenvalue weighted by Crippen LogP contribution is -1.98. The van der Waals surface area contributed by atoms with E-state index in [2.05, 4.69) is 106 Å². The maximum absolute atomic E-state index is 13.9. The van der Waals surface area contributed by atoms with Crippen molar-refractivity contribution in [2.75, 3.05) is 0 Å². The highest BCUT2D eigenvalue weighted by Crippen LogP contribution is 2.42. The smallest absolute Gasteiger partial charge is 0.160 e. The lowest BCUT2D eigenvalue weighted by molar-refractivity contribution is 0.627. The standard InChI is InChI=1S/C46H28F2N4/c47-32-21-17-29(18-22-32)39-28-40(30-19-23-33(48)24-20-30)50-46(49-39)31-9-8-12-35(27-31)51-42-16-7-5-14-38(42)44-43(51)26-25-37-36-13-4-6-15-41(36)52(45(37)44)34-10-2-1-3-11-34/h1-28H. The molecule has 0 aliphatic heterocycles. The Labute approximate surface area is 297 Å². The van der Waals surface area contributed by atoms with Crippen molar-refractivity contribution in [3.63, 3.8) is 0 Å². The van der Waals surface area contributed by atoms with E-state index in [0.717, 1.165) is 55.5 Å². The molecule has 0 fully saturated rings. The summed E-state index contributed by atoms with van der Waals surface area (Å²) in [5.74, 6) is -0.135. The van der Waals surface area contributed by atoms with Gasteiger partial charge in [-0.15, -0.1) is 0 Å². The van der Waals surface area contributed by atoms with Crippen LogP contribution in [0.5, 0.6) is 0 Å². The first kappa shape index (κ1) is 29.9. The maximum Gasteiger partial charge on any atom is 0.160 e. The normalized spacial score (nSPS) is 11.7. The summed E-state index contributed by atoms with van der Waals surface area (Å²) in [6.07, 6.45) is 0. The van der Waals surface area contributed by atoms with Crippen LogP contribution in [0, 0.1) is 11.6 Å². The molecule has 10 rings (SSSR count). The van der Waals surface area contributed by atoms with Crippen molar-refractivity contribution >= 4 is 43.6 Å². The van der Waals surface area contributed by atoms with Gasteiger partial charge in [-0.05, 0) is 97.1 Å². The summed E-state index contributed by atoms with van der Waals surface area (Å²) in [4.78, 5) is 9.97. The van der Waals surface area contributed by atoms with Gasteiger partial charge in [-0.3, -0.25) is 0 Å². The highest BCUT2D eigenvalue weighted by Gasteiger charge is 2.21. The molecule has 0 amide bonds. The minimum atomic E-state index is -0.322. The van der Waals surface area contributed by atoms with E-state index in [1.807, 2.05) is 24.3 Å². The van der Waals surface area contributed by atoms with Gasteiger partial charge in [-0.25, -0.2) is 18.7 Å². The minimum Gasteiger partial charge on any atom is -0.309 e. The van der Waals surface area contributed by atoms with Crippen molar-refractivity contribution in [1.29, 1.82) is 0 Å². The number of hydrogen-bond acceptors (Lipinski definition) is 2. The molecule has 0 aliphatic rings. The summed E-state index contributed by atoms with van der Waals surface area (Å²) in [5.41, 5.74) is 10.2. The topological polar surface area (TPSA) is 35.6 Å². The van der Waals surface area contributed by atoms with Crippen LogP contribution in [0.1, 0.15) is 0 Å². The Kier molecular flexibility index (Phi) is 6.83. The van der Waals surface area contributed by atoms with Gasteiger partial charge in [0.2, 0.25) is 0 Å². The molecule has 0 atom stereocenters. The van der Waals surface area contributed by atoms with E-state index in [1.165, 1.54) is 40.4 Å². The summed E-state index contributed by atoms with van der Waals surface area (Å²) in [6.45, 7) is 0. The van der Waals surface area contributed by atoms with E-state index in [-0.39, 0.29) is 11.6 Å². The summed E-state index contributed by atoms with van der Waals surface area (Å²) < 4.78 is 32.5. The third-order valence-corrected chi connectivity index (χ3v) is 9.85. The number of para-hydroxylation sites is 3. The first-order valence-electron chi connectivity index (χ1n) is 17.1. The van der Waals surface area contributed by atoms with Gasteiger partial charge in [0.05, 0.1) is 33.5 Å². The van der Waals surface area contributed by atoms with Gasteiger partial charge in [-0.1, -0.05) is 72.8 Å². The average Bonchev–Trinajstić information content (AvgIpc) is 3.72. The fourth-order valence-corrected chi connectivity index (χ4v) is 7.53. The zero-order valence-corrected chi connectivity index (χ0v) is 27.7. The predicted octanol–water partition coefficient (Wildman–Crippen LogP) is 11.9. The van der Waals surface area contributed by atoms with Crippen LogP contribution in [0.3, 0.4) is 0 Å². The quantitative estimate of drug-likeness (QED) is 0.182. The zero-order valence-electron chi connectivity index (χ0n) is 27.7. The number of fused-ring (bicyclic) bond motifs is 7. The minimum absolute atomic E-state index is 0.322. The Balaban J connectivity index is 1.22. The number of rotatable bonds is 5. The maximum atomic E-state index is 13.9. The average molecular weight is 675 g/mol. The predicted molar refractivity (Wildman–Crippen MR) is 207 cm³/mol. The van der Waals surface area contributed by atoms with Crippen molar-refractivity contribution in [3.8, 4) is 45.3 Å². The van der Waals surface area contributed by atoms with Crippen LogP contribution in [0.2, 0.25) is 0 Å². The van der Waals surface area contributed by atoms with E-state index >= 15 is 0 Å². The second kappa shape index (κ2) is 11.9. The molecular formula is C46H28F2N4. The summed E-state index contributed by atoms with van der Waals surface area (Å²) in [5, 5.41) is 4.73. The fraction of sp³-hybridized carbons (Fsp3) is 0. The first-order valence-corrected chi connectivity index (χ1v) is 17.1. The molecule has 0 unspecified atom stereocenters. The number of aromatic nitrogens is 4. The van der Waals surface area contributed by atoms with Crippen molar-refractivity contribution in [1.82, 2.24) is 19.1 Å². The highest BCUT2D eigenvalue weighted by atomic mass is 19.1. The van der Waals surface area contributed by atoms with Crippen LogP contribution < -0.4 is 0 Å². The van der Waals surface area contributed by atoms with Crippen molar-refractivity contribution < 1.29 is 8.78 Å². The Hall–Kier alpha value is -6.92. The molecule has 10 aromatic rings. The van der Waals surface area contributed by atoms with E-state index in [9.17, 15) is 8.78 Å². The van der Waals surface area contributed by atoms with Gasteiger partial charge in [0.15, 0.2) is 5.82 Å². The van der Waals surface area contributed by atoms with Crippen LogP contribution in [0.25, 0.3) is 88.9 Å². The van der Waals surface area contributed by atoms with Gasteiger partial charge < -0.3 is 9.13 Å². The molecule has 3 heterocycles. The van der Waals surface area contributed by atoms with Gasteiger partial charge >= 0.3 is 0 Å². The Morgan fingerprint density at radius 1 is 0.385 bits per heavy atom. The molecule has 6 heteroatoms. The molecule has 246 valence electrons. The number of halogens is 2. The zero-order chi connectivity index (χ0) is 34.8. The SMILES string of the molecule is Fc1ccc(-c2cc(-c3ccc(F)cc3)nc(-c3cccc(-n4c5ccccc5c5c4ccc4c6ccccc6n(-c6ccccc6)c45)c3)n2)cc1. The molecule has 7 aromatic carbocycles. The lowest BCUT2D eigenvalue weighted by atomic mass is 10.1. The third kappa shape index (κ3) is 4.80. The molecule has 3 aromatic heterocycles. The summed E-state index contributed by atoms with van der Waals surface area (Å²) >= 11 is 0. The van der Waals surface area contributed by atoms with Gasteiger partial charge in [-0.2, -0.15) is 0 Å². The molecule has 0 spiro atoms. The number of nitrogens with zero attached hydrogens (tertiary/aromatic N) is 4. The Morgan fingerprint density at radius 2 is 0.962 bits per heavy atom. The monoisotopic (exact) mass is 674 g/mol. The molecule has 0 aliphatic carbocycles. The Bertz CT molecular complexity index is 2900. The summed E-state index contributed by atoms with van der Waals surface area (Å²) in [7, 11) is 0. The molecule has 52 heavy (non-hydrogen) atoms. The van der Waals surface area contributed by atoms with Gasteiger partial charge in [0.25, 0.3) is 0 Å². The van der Waals surface area contributed by atoms with E-state index in [0.29, 0.717) is 17.2 Å². The molecular weight excluding hydrogens is 647 g/mol. The fourth-order valence-electron chi connectivity index (χ4n) is 7.53. The molecule has 0 N–H and O–H groups in total. The van der Waals surface area contributed by atoms with Crippen molar-refractivity contribution in [2.24, 2.45) is 0 Å².